The summed E-state index contributed by atoms with van der Waals surface area (Å²) in [7, 11) is 0. The van der Waals surface area contributed by atoms with Crippen LogP contribution in [0.5, 0.6) is 0 Å². The van der Waals surface area contributed by atoms with Gasteiger partial charge in [0.05, 0.1) is 5.02 Å². The molecule has 0 unspecified atom stereocenters. The van der Waals surface area contributed by atoms with Crippen molar-refractivity contribution in [2.75, 3.05) is 5.32 Å². The Kier molecular flexibility index (Phi) is 3.82. The second kappa shape index (κ2) is 5.36. The molecule has 0 aliphatic rings. The largest absolute Gasteiger partial charge is 0.381 e. The molecule has 0 radical (unpaired) electrons. The third-order valence-electron chi connectivity index (χ3n) is 2.70. The smallest absolute Gasteiger partial charge is 0.142 e. The van der Waals surface area contributed by atoms with E-state index in [0.29, 0.717) is 17.8 Å². The van der Waals surface area contributed by atoms with Crippen LogP contribution in [0.15, 0.2) is 36.4 Å². The zero-order valence-electron chi connectivity index (χ0n) is 9.81. The second-order valence-electron chi connectivity index (χ2n) is 4.03. The van der Waals surface area contributed by atoms with E-state index >= 15 is 0 Å². The predicted molar refractivity (Wildman–Crippen MR) is 69.9 cm³/mol. The Labute approximate surface area is 109 Å². The molecule has 1 nitrogen and oxygen atoms in total. The minimum absolute atomic E-state index is 0.0963. The normalized spacial score (nSPS) is 10.4. The molecular formula is C14H12ClF2N. The fraction of sp³-hybridized carbons (Fsp3) is 0.143. The molecule has 2 aromatic carbocycles. The lowest BCUT2D eigenvalue weighted by Crippen LogP contribution is -2.02. The summed E-state index contributed by atoms with van der Waals surface area (Å²) < 4.78 is 26.3. The lowest BCUT2D eigenvalue weighted by atomic mass is 10.1. The zero-order chi connectivity index (χ0) is 13.1. The fourth-order valence-corrected chi connectivity index (χ4v) is 1.85. The van der Waals surface area contributed by atoms with Gasteiger partial charge in [-0.25, -0.2) is 8.78 Å². The maximum Gasteiger partial charge on any atom is 0.142 e. The van der Waals surface area contributed by atoms with E-state index in [-0.39, 0.29) is 10.8 Å². The number of anilines is 1. The first-order valence-corrected chi connectivity index (χ1v) is 5.88. The highest BCUT2D eigenvalue weighted by molar-refractivity contribution is 6.31. The monoisotopic (exact) mass is 267 g/mol. The summed E-state index contributed by atoms with van der Waals surface area (Å²) in [6.45, 7) is 2.22. The summed E-state index contributed by atoms with van der Waals surface area (Å²) in [6.07, 6.45) is 0. The molecule has 0 saturated heterocycles. The van der Waals surface area contributed by atoms with Crippen molar-refractivity contribution in [1.29, 1.82) is 0 Å². The lowest BCUT2D eigenvalue weighted by molar-refractivity contribution is 0.625. The van der Waals surface area contributed by atoms with Gasteiger partial charge in [-0.2, -0.15) is 0 Å². The molecule has 0 spiro atoms. The number of nitrogens with one attached hydrogen (secondary N) is 1. The Morgan fingerprint density at radius 3 is 2.72 bits per heavy atom. The van der Waals surface area contributed by atoms with Crippen molar-refractivity contribution in [2.24, 2.45) is 0 Å². The average molecular weight is 268 g/mol. The number of aryl methyl sites for hydroxylation is 1. The summed E-state index contributed by atoms with van der Waals surface area (Å²) in [6, 6.07) is 9.12. The molecule has 0 aliphatic heterocycles. The molecule has 2 aromatic rings. The molecule has 0 saturated carbocycles. The van der Waals surface area contributed by atoms with Gasteiger partial charge >= 0.3 is 0 Å². The first-order valence-electron chi connectivity index (χ1n) is 5.51. The first kappa shape index (κ1) is 12.8. The molecule has 4 heteroatoms. The Morgan fingerprint density at radius 2 is 1.94 bits per heavy atom. The molecule has 2 rings (SSSR count). The highest BCUT2D eigenvalue weighted by Gasteiger charge is 2.06. The van der Waals surface area contributed by atoms with Crippen LogP contribution in [0.25, 0.3) is 0 Å². The van der Waals surface area contributed by atoms with E-state index in [4.69, 9.17) is 11.6 Å². The molecular weight excluding hydrogens is 256 g/mol. The molecule has 18 heavy (non-hydrogen) atoms. The molecule has 0 amide bonds. The van der Waals surface area contributed by atoms with Crippen molar-refractivity contribution in [3.8, 4) is 0 Å². The van der Waals surface area contributed by atoms with Crippen LogP contribution in [-0.4, -0.2) is 0 Å². The van der Waals surface area contributed by atoms with Crippen molar-refractivity contribution in [1.82, 2.24) is 0 Å². The summed E-state index contributed by atoms with van der Waals surface area (Å²) in [4.78, 5) is 0. The van der Waals surface area contributed by atoms with E-state index in [9.17, 15) is 8.78 Å². The van der Waals surface area contributed by atoms with Crippen molar-refractivity contribution < 1.29 is 8.78 Å². The van der Waals surface area contributed by atoms with Crippen LogP contribution in [-0.2, 0) is 6.54 Å². The van der Waals surface area contributed by atoms with Gasteiger partial charge in [0.15, 0.2) is 0 Å². The number of benzene rings is 2. The predicted octanol–water partition coefficient (Wildman–Crippen LogP) is 4.54. The van der Waals surface area contributed by atoms with Gasteiger partial charge in [0.25, 0.3) is 0 Å². The van der Waals surface area contributed by atoms with Crippen LogP contribution >= 0.6 is 11.6 Å². The van der Waals surface area contributed by atoms with Gasteiger partial charge in [0.2, 0.25) is 0 Å². The first-order chi connectivity index (χ1) is 8.58. The Morgan fingerprint density at radius 1 is 1.17 bits per heavy atom. The van der Waals surface area contributed by atoms with E-state index in [1.54, 1.807) is 18.2 Å². The molecule has 0 fully saturated rings. The van der Waals surface area contributed by atoms with Crippen molar-refractivity contribution in [3.05, 3.63) is 64.2 Å². The SMILES string of the molecule is Cc1ccc(F)cc1NCc1cccc(F)c1Cl. The minimum Gasteiger partial charge on any atom is -0.381 e. The van der Waals surface area contributed by atoms with Gasteiger partial charge in [0, 0.05) is 12.2 Å². The zero-order valence-corrected chi connectivity index (χ0v) is 10.6. The molecule has 1 N–H and O–H groups in total. The Balaban J connectivity index is 2.16. The van der Waals surface area contributed by atoms with E-state index in [1.807, 2.05) is 6.92 Å². The molecule has 0 atom stereocenters. The third kappa shape index (κ3) is 2.79. The standard InChI is InChI=1S/C14H12ClF2N/c1-9-5-6-11(16)7-13(9)18-8-10-3-2-4-12(17)14(10)15/h2-7,18H,8H2,1H3. The molecule has 94 valence electrons. The van der Waals surface area contributed by atoms with Crippen molar-refractivity contribution in [3.63, 3.8) is 0 Å². The van der Waals surface area contributed by atoms with Gasteiger partial charge in [-0.1, -0.05) is 29.8 Å². The maximum atomic E-state index is 13.2. The molecule has 0 aliphatic carbocycles. The Hall–Kier alpha value is -1.61. The average Bonchev–Trinajstić information content (AvgIpc) is 2.35. The number of halogens is 3. The van der Waals surface area contributed by atoms with Gasteiger partial charge in [-0.3, -0.25) is 0 Å². The highest BCUT2D eigenvalue weighted by atomic mass is 35.5. The van der Waals surface area contributed by atoms with Crippen molar-refractivity contribution >= 4 is 17.3 Å². The number of rotatable bonds is 3. The second-order valence-corrected chi connectivity index (χ2v) is 4.40. The third-order valence-corrected chi connectivity index (χ3v) is 3.12. The topological polar surface area (TPSA) is 12.0 Å². The van der Waals surface area contributed by atoms with Crippen LogP contribution in [0.4, 0.5) is 14.5 Å². The number of hydrogen-bond acceptors (Lipinski definition) is 1. The van der Waals surface area contributed by atoms with E-state index < -0.39 is 5.82 Å². The summed E-state index contributed by atoms with van der Waals surface area (Å²) in [5.41, 5.74) is 2.24. The summed E-state index contributed by atoms with van der Waals surface area (Å²) >= 11 is 5.84. The van der Waals surface area contributed by atoms with Crippen LogP contribution in [0.3, 0.4) is 0 Å². The quantitative estimate of drug-likeness (QED) is 0.861. The van der Waals surface area contributed by atoms with Crippen molar-refractivity contribution in [2.45, 2.75) is 13.5 Å². The number of hydrogen-bond donors (Lipinski definition) is 1. The fourth-order valence-electron chi connectivity index (χ4n) is 1.66. The minimum atomic E-state index is -0.452. The maximum absolute atomic E-state index is 13.2. The van der Waals surface area contributed by atoms with Crippen LogP contribution in [0.1, 0.15) is 11.1 Å². The molecule has 0 aromatic heterocycles. The van der Waals surface area contributed by atoms with Gasteiger partial charge < -0.3 is 5.32 Å². The van der Waals surface area contributed by atoms with Crippen LogP contribution in [0.2, 0.25) is 5.02 Å². The van der Waals surface area contributed by atoms with Gasteiger partial charge in [0.1, 0.15) is 11.6 Å². The summed E-state index contributed by atoms with van der Waals surface area (Å²) in [5, 5.41) is 3.14. The van der Waals surface area contributed by atoms with Crippen LogP contribution < -0.4 is 5.32 Å². The van der Waals surface area contributed by atoms with E-state index in [0.717, 1.165) is 5.56 Å². The molecule has 0 bridgehead atoms. The lowest BCUT2D eigenvalue weighted by Gasteiger charge is -2.11. The Bertz CT molecular complexity index is 568. The van der Waals surface area contributed by atoms with Gasteiger partial charge in [-0.15, -0.1) is 0 Å². The summed E-state index contributed by atoms with van der Waals surface area (Å²) in [5.74, 6) is -0.764. The highest BCUT2D eigenvalue weighted by Crippen LogP contribution is 2.22. The van der Waals surface area contributed by atoms with Crippen LogP contribution in [0, 0.1) is 18.6 Å². The molecule has 0 heterocycles. The van der Waals surface area contributed by atoms with E-state index in [2.05, 4.69) is 5.32 Å². The van der Waals surface area contributed by atoms with E-state index in [1.165, 1.54) is 18.2 Å². The van der Waals surface area contributed by atoms with Gasteiger partial charge in [-0.05, 0) is 36.2 Å².